The van der Waals surface area contributed by atoms with E-state index in [1.807, 2.05) is 12.1 Å². The first-order valence-corrected chi connectivity index (χ1v) is 4.64. The Bertz CT molecular complexity index is 452. The molecule has 3 rings (SSSR count). The average Bonchev–Trinajstić information content (AvgIpc) is 2.87. The van der Waals surface area contributed by atoms with E-state index >= 15 is 0 Å². The number of hydrogen-bond acceptors (Lipinski definition) is 1. The minimum absolute atomic E-state index is 0.712. The number of aromatic nitrogens is 2. The Hall–Kier alpha value is -1.31. The number of aromatic amines is 1. The molecule has 0 spiro atoms. The van der Waals surface area contributed by atoms with Gasteiger partial charge in [0.1, 0.15) is 0 Å². The summed E-state index contributed by atoms with van der Waals surface area (Å²) >= 11 is 0. The second-order valence-corrected chi connectivity index (χ2v) is 3.76. The molecule has 1 heterocycles. The third-order valence-corrected chi connectivity index (χ3v) is 2.62. The van der Waals surface area contributed by atoms with Crippen LogP contribution in [0.2, 0.25) is 0 Å². The summed E-state index contributed by atoms with van der Waals surface area (Å²) < 4.78 is 0. The van der Waals surface area contributed by atoms with Gasteiger partial charge in [0.2, 0.25) is 0 Å². The molecule has 2 nitrogen and oxygen atoms in total. The minimum atomic E-state index is 0.712. The molecule has 1 aliphatic rings. The standard InChI is InChI=1S/C11H11N2/c1-7-2-5-9-10(6-7)12-13-11(9)8-3-4-8/h2,5-6,8H,1,3-4H2,(H,12,13). The summed E-state index contributed by atoms with van der Waals surface area (Å²) in [5, 5.41) is 8.68. The Morgan fingerprint density at radius 3 is 3.00 bits per heavy atom. The molecule has 1 saturated carbocycles. The summed E-state index contributed by atoms with van der Waals surface area (Å²) in [4.78, 5) is 0. The topological polar surface area (TPSA) is 28.7 Å². The van der Waals surface area contributed by atoms with Gasteiger partial charge in [-0.25, -0.2) is 0 Å². The third-order valence-electron chi connectivity index (χ3n) is 2.62. The molecule has 0 saturated heterocycles. The molecule has 1 fully saturated rings. The van der Waals surface area contributed by atoms with Crippen LogP contribution >= 0.6 is 0 Å². The average molecular weight is 171 g/mol. The Balaban J connectivity index is 2.26. The van der Waals surface area contributed by atoms with Crippen LogP contribution in [0.5, 0.6) is 0 Å². The van der Waals surface area contributed by atoms with Gasteiger partial charge in [0.15, 0.2) is 0 Å². The van der Waals surface area contributed by atoms with Crippen LogP contribution in [0, 0.1) is 6.92 Å². The molecule has 0 bridgehead atoms. The van der Waals surface area contributed by atoms with Crippen LogP contribution in [0.3, 0.4) is 0 Å². The predicted molar refractivity (Wildman–Crippen MR) is 52.5 cm³/mol. The van der Waals surface area contributed by atoms with Crippen LogP contribution in [-0.2, 0) is 0 Å². The summed E-state index contributed by atoms with van der Waals surface area (Å²) in [6.45, 7) is 3.89. The number of fused-ring (bicyclic) bond motifs is 1. The first kappa shape index (κ1) is 7.13. The highest BCUT2D eigenvalue weighted by atomic mass is 15.1. The number of nitrogens with zero attached hydrogens (tertiary/aromatic N) is 1. The molecule has 0 atom stereocenters. The largest absolute Gasteiger partial charge is 0.278 e. The quantitative estimate of drug-likeness (QED) is 0.702. The molecular formula is C11H11N2. The Kier molecular flexibility index (Phi) is 1.29. The van der Waals surface area contributed by atoms with Crippen molar-refractivity contribution in [1.29, 1.82) is 0 Å². The fourth-order valence-corrected chi connectivity index (χ4v) is 1.76. The first-order chi connectivity index (χ1) is 6.34. The summed E-state index contributed by atoms with van der Waals surface area (Å²) in [5.74, 6) is 0.712. The Morgan fingerprint density at radius 2 is 2.23 bits per heavy atom. The lowest BCUT2D eigenvalue weighted by Crippen LogP contribution is -1.78. The molecule has 1 aromatic heterocycles. The molecule has 1 aliphatic carbocycles. The van der Waals surface area contributed by atoms with Crippen molar-refractivity contribution >= 4 is 10.9 Å². The zero-order valence-corrected chi connectivity index (χ0v) is 7.38. The molecule has 65 valence electrons. The summed E-state index contributed by atoms with van der Waals surface area (Å²) in [7, 11) is 0. The molecule has 2 heteroatoms. The van der Waals surface area contributed by atoms with Gasteiger partial charge in [0, 0.05) is 11.3 Å². The SMILES string of the molecule is [CH2]c1ccc2c(C3CC3)n[nH]c2c1. The molecule has 2 aromatic rings. The van der Waals surface area contributed by atoms with Crippen molar-refractivity contribution in [3.8, 4) is 0 Å². The van der Waals surface area contributed by atoms with E-state index in [0.717, 1.165) is 11.1 Å². The molecule has 1 radical (unpaired) electrons. The molecule has 1 N–H and O–H groups in total. The highest BCUT2D eigenvalue weighted by Crippen LogP contribution is 2.41. The van der Waals surface area contributed by atoms with E-state index in [-0.39, 0.29) is 0 Å². The van der Waals surface area contributed by atoms with Crippen molar-refractivity contribution in [2.75, 3.05) is 0 Å². The van der Waals surface area contributed by atoms with Crippen LogP contribution in [0.15, 0.2) is 18.2 Å². The van der Waals surface area contributed by atoms with Gasteiger partial charge in [-0.05, 0) is 31.4 Å². The number of H-pyrrole nitrogens is 1. The predicted octanol–water partition coefficient (Wildman–Crippen LogP) is 2.62. The van der Waals surface area contributed by atoms with Crippen molar-refractivity contribution in [1.82, 2.24) is 10.2 Å². The van der Waals surface area contributed by atoms with E-state index in [1.165, 1.54) is 23.9 Å². The van der Waals surface area contributed by atoms with Gasteiger partial charge in [-0.1, -0.05) is 12.1 Å². The van der Waals surface area contributed by atoms with Crippen LogP contribution in [0.4, 0.5) is 0 Å². The second kappa shape index (κ2) is 2.34. The Labute approximate surface area is 77.0 Å². The second-order valence-electron chi connectivity index (χ2n) is 3.76. The molecule has 0 aliphatic heterocycles. The highest BCUT2D eigenvalue weighted by molar-refractivity contribution is 5.82. The zero-order valence-electron chi connectivity index (χ0n) is 7.38. The fraction of sp³-hybridized carbons (Fsp3) is 0.273. The van der Waals surface area contributed by atoms with Crippen molar-refractivity contribution < 1.29 is 0 Å². The van der Waals surface area contributed by atoms with Crippen LogP contribution in [0.25, 0.3) is 10.9 Å². The summed E-state index contributed by atoms with van der Waals surface area (Å²) in [5.41, 5.74) is 3.41. The maximum absolute atomic E-state index is 4.35. The first-order valence-electron chi connectivity index (χ1n) is 4.64. The Morgan fingerprint density at radius 1 is 1.38 bits per heavy atom. The minimum Gasteiger partial charge on any atom is -0.278 e. The van der Waals surface area contributed by atoms with Gasteiger partial charge in [-0.3, -0.25) is 5.10 Å². The highest BCUT2D eigenvalue weighted by Gasteiger charge is 2.27. The summed E-state index contributed by atoms with van der Waals surface area (Å²) in [6, 6.07) is 6.22. The molecular weight excluding hydrogens is 160 g/mol. The zero-order chi connectivity index (χ0) is 8.84. The maximum Gasteiger partial charge on any atom is 0.0731 e. The number of nitrogens with one attached hydrogen (secondary N) is 1. The number of benzene rings is 1. The lowest BCUT2D eigenvalue weighted by Gasteiger charge is -1.93. The van der Waals surface area contributed by atoms with Gasteiger partial charge >= 0.3 is 0 Å². The van der Waals surface area contributed by atoms with E-state index in [9.17, 15) is 0 Å². The molecule has 0 amide bonds. The normalized spacial score (nSPS) is 16.7. The molecule has 1 aromatic carbocycles. The van der Waals surface area contributed by atoms with Gasteiger partial charge in [0.05, 0.1) is 11.2 Å². The van der Waals surface area contributed by atoms with Crippen molar-refractivity contribution in [2.24, 2.45) is 0 Å². The fourth-order valence-electron chi connectivity index (χ4n) is 1.76. The monoisotopic (exact) mass is 171 g/mol. The van der Waals surface area contributed by atoms with Gasteiger partial charge in [-0.15, -0.1) is 0 Å². The third kappa shape index (κ3) is 1.05. The maximum atomic E-state index is 4.35. The van der Waals surface area contributed by atoms with E-state index in [2.05, 4.69) is 23.2 Å². The van der Waals surface area contributed by atoms with Crippen LogP contribution in [-0.4, -0.2) is 10.2 Å². The van der Waals surface area contributed by atoms with E-state index in [0.29, 0.717) is 5.92 Å². The number of hydrogen-bond donors (Lipinski definition) is 1. The van der Waals surface area contributed by atoms with E-state index in [1.54, 1.807) is 0 Å². The van der Waals surface area contributed by atoms with Crippen LogP contribution in [0.1, 0.15) is 30.0 Å². The van der Waals surface area contributed by atoms with Gasteiger partial charge in [0.25, 0.3) is 0 Å². The van der Waals surface area contributed by atoms with E-state index in [4.69, 9.17) is 0 Å². The molecule has 0 unspecified atom stereocenters. The van der Waals surface area contributed by atoms with Crippen LogP contribution < -0.4 is 0 Å². The molecule has 13 heavy (non-hydrogen) atoms. The van der Waals surface area contributed by atoms with Crippen molar-refractivity contribution in [2.45, 2.75) is 18.8 Å². The number of rotatable bonds is 1. The van der Waals surface area contributed by atoms with Crippen molar-refractivity contribution in [3.63, 3.8) is 0 Å². The van der Waals surface area contributed by atoms with Crippen molar-refractivity contribution in [3.05, 3.63) is 36.4 Å². The lowest BCUT2D eigenvalue weighted by atomic mass is 10.1. The lowest BCUT2D eigenvalue weighted by molar-refractivity contribution is 0.978. The van der Waals surface area contributed by atoms with E-state index < -0.39 is 0 Å². The summed E-state index contributed by atoms with van der Waals surface area (Å²) in [6.07, 6.45) is 2.60. The van der Waals surface area contributed by atoms with Gasteiger partial charge in [-0.2, -0.15) is 5.10 Å². The van der Waals surface area contributed by atoms with Gasteiger partial charge < -0.3 is 0 Å². The smallest absolute Gasteiger partial charge is 0.0731 e.